The van der Waals surface area contributed by atoms with Gasteiger partial charge in [0.05, 0.1) is 18.7 Å². The minimum Gasteiger partial charge on any atom is -0.481 e. The maximum atomic E-state index is 12.5. The Bertz CT molecular complexity index is 743. The lowest BCUT2D eigenvalue weighted by molar-refractivity contribution is -0.143. The van der Waals surface area contributed by atoms with E-state index in [1.165, 1.54) is 0 Å². The van der Waals surface area contributed by atoms with E-state index in [4.69, 9.17) is 9.52 Å². The van der Waals surface area contributed by atoms with Crippen molar-refractivity contribution in [3.8, 4) is 0 Å². The molecular weight excluding hydrogens is 320 g/mol. The van der Waals surface area contributed by atoms with E-state index >= 15 is 0 Å². The summed E-state index contributed by atoms with van der Waals surface area (Å²) in [5, 5.41) is 12.3. The summed E-state index contributed by atoms with van der Waals surface area (Å²) in [7, 11) is 0. The van der Waals surface area contributed by atoms with Crippen LogP contribution in [0, 0.1) is 12.8 Å². The number of hydrogen-bond donors (Lipinski definition) is 2. The van der Waals surface area contributed by atoms with Gasteiger partial charge in [0.2, 0.25) is 0 Å². The zero-order chi connectivity index (χ0) is 17.8. The molecule has 132 valence electrons. The molecule has 0 spiro atoms. The molecule has 2 N–H and O–H groups in total. The quantitative estimate of drug-likeness (QED) is 0.872. The van der Waals surface area contributed by atoms with E-state index in [0.717, 1.165) is 17.0 Å². The van der Waals surface area contributed by atoms with Gasteiger partial charge in [-0.2, -0.15) is 0 Å². The highest BCUT2D eigenvalue weighted by Crippen LogP contribution is 2.20. The van der Waals surface area contributed by atoms with Crippen LogP contribution in [0.1, 0.15) is 34.5 Å². The van der Waals surface area contributed by atoms with Crippen LogP contribution in [0.4, 0.5) is 5.69 Å². The molecule has 1 aromatic heterocycles. The first-order valence-corrected chi connectivity index (χ1v) is 8.43. The van der Waals surface area contributed by atoms with Gasteiger partial charge in [0, 0.05) is 24.3 Å². The van der Waals surface area contributed by atoms with Crippen LogP contribution in [-0.4, -0.2) is 35.0 Å². The molecule has 1 saturated heterocycles. The first-order valence-electron chi connectivity index (χ1n) is 8.43. The maximum Gasteiger partial charge on any atom is 0.306 e. The predicted octanol–water partition coefficient (Wildman–Crippen LogP) is 3.14. The van der Waals surface area contributed by atoms with Crippen LogP contribution < -0.4 is 5.32 Å². The second-order valence-electron chi connectivity index (χ2n) is 6.36. The predicted molar refractivity (Wildman–Crippen MR) is 93.5 cm³/mol. The third-order valence-electron chi connectivity index (χ3n) is 4.68. The number of nitrogens with one attached hydrogen (secondary N) is 1. The minimum absolute atomic E-state index is 0.0442. The van der Waals surface area contributed by atoms with Crippen molar-refractivity contribution in [1.29, 1.82) is 0 Å². The van der Waals surface area contributed by atoms with Gasteiger partial charge < -0.3 is 19.7 Å². The average molecular weight is 342 g/mol. The molecule has 6 heteroatoms. The van der Waals surface area contributed by atoms with Crippen molar-refractivity contribution < 1.29 is 19.1 Å². The molecule has 1 aliphatic heterocycles. The second kappa shape index (κ2) is 7.42. The summed E-state index contributed by atoms with van der Waals surface area (Å²) in [6.07, 6.45) is 2.70. The number of aryl methyl sites for hydroxylation is 1. The third-order valence-corrected chi connectivity index (χ3v) is 4.68. The average Bonchev–Trinajstić information content (AvgIpc) is 3.05. The minimum atomic E-state index is -0.769. The van der Waals surface area contributed by atoms with Crippen molar-refractivity contribution in [3.63, 3.8) is 0 Å². The fourth-order valence-corrected chi connectivity index (χ4v) is 3.01. The van der Waals surface area contributed by atoms with Gasteiger partial charge in [-0.25, -0.2) is 0 Å². The summed E-state index contributed by atoms with van der Waals surface area (Å²) in [5.74, 6) is -0.256. The number of carbonyl (C=O) groups excluding carboxylic acids is 1. The van der Waals surface area contributed by atoms with Crippen LogP contribution in [0.2, 0.25) is 0 Å². The Kier molecular flexibility index (Phi) is 5.07. The van der Waals surface area contributed by atoms with E-state index in [1.54, 1.807) is 23.3 Å². The molecule has 2 aromatic rings. The smallest absolute Gasteiger partial charge is 0.306 e. The molecule has 3 rings (SSSR count). The van der Waals surface area contributed by atoms with E-state index in [2.05, 4.69) is 5.32 Å². The lowest BCUT2D eigenvalue weighted by Gasteiger charge is -2.30. The van der Waals surface area contributed by atoms with Crippen LogP contribution in [0.25, 0.3) is 0 Å². The molecule has 1 aromatic carbocycles. The number of carboxylic acid groups (broad SMARTS) is 1. The normalized spacial score (nSPS) is 15.2. The largest absolute Gasteiger partial charge is 0.481 e. The van der Waals surface area contributed by atoms with Gasteiger partial charge >= 0.3 is 5.97 Å². The number of carbonyl (C=O) groups is 2. The molecule has 1 aliphatic rings. The first-order chi connectivity index (χ1) is 12.0. The molecule has 0 saturated carbocycles. The molecule has 0 aliphatic carbocycles. The highest BCUT2D eigenvalue weighted by molar-refractivity contribution is 5.94. The van der Waals surface area contributed by atoms with E-state index < -0.39 is 5.97 Å². The second-order valence-corrected chi connectivity index (χ2v) is 6.36. The number of hydrogen-bond acceptors (Lipinski definition) is 4. The zero-order valence-electron chi connectivity index (χ0n) is 14.2. The van der Waals surface area contributed by atoms with Crippen LogP contribution in [0.3, 0.4) is 0 Å². The number of rotatable bonds is 5. The number of likely N-dealkylation sites (tertiary alicyclic amines) is 1. The molecule has 2 heterocycles. The van der Waals surface area contributed by atoms with Crippen LogP contribution in [0.15, 0.2) is 41.0 Å². The van der Waals surface area contributed by atoms with E-state index in [1.807, 2.05) is 25.1 Å². The fraction of sp³-hybridized carbons (Fsp3) is 0.368. The summed E-state index contributed by atoms with van der Waals surface area (Å²) < 4.78 is 5.39. The SMILES string of the molecule is Cc1ccoc1CNc1ccc(C(=O)N2CCC(C(=O)O)CC2)cc1. The van der Waals surface area contributed by atoms with Crippen molar-refractivity contribution in [3.05, 3.63) is 53.5 Å². The van der Waals surface area contributed by atoms with Gasteiger partial charge in [-0.05, 0) is 55.7 Å². The third kappa shape index (κ3) is 4.02. The van der Waals surface area contributed by atoms with Gasteiger partial charge in [0.1, 0.15) is 5.76 Å². The van der Waals surface area contributed by atoms with Crippen LogP contribution in [-0.2, 0) is 11.3 Å². The van der Waals surface area contributed by atoms with Crippen molar-refractivity contribution in [1.82, 2.24) is 4.90 Å². The van der Waals surface area contributed by atoms with Crippen LogP contribution >= 0.6 is 0 Å². The number of furan rings is 1. The lowest BCUT2D eigenvalue weighted by atomic mass is 9.96. The standard InChI is InChI=1S/C19H22N2O4/c1-13-8-11-25-17(13)12-20-16-4-2-14(3-5-16)18(22)21-9-6-15(7-10-21)19(23)24/h2-5,8,11,15,20H,6-7,9-10,12H2,1H3,(H,23,24). The number of aliphatic carboxylic acids is 1. The summed E-state index contributed by atoms with van der Waals surface area (Å²) in [6, 6.07) is 9.25. The molecular formula is C19H22N2O4. The molecule has 1 fully saturated rings. The highest BCUT2D eigenvalue weighted by Gasteiger charge is 2.27. The number of benzene rings is 1. The molecule has 0 atom stereocenters. The first kappa shape index (κ1) is 17.1. The Balaban J connectivity index is 1.56. The topological polar surface area (TPSA) is 82.8 Å². The van der Waals surface area contributed by atoms with Gasteiger partial charge in [-0.1, -0.05) is 0 Å². The monoisotopic (exact) mass is 342 g/mol. The number of anilines is 1. The summed E-state index contributed by atoms with van der Waals surface area (Å²) in [6.45, 7) is 3.58. The Morgan fingerprint density at radius 3 is 2.44 bits per heavy atom. The number of nitrogens with zero attached hydrogens (tertiary/aromatic N) is 1. The summed E-state index contributed by atoms with van der Waals surface area (Å²) in [5.41, 5.74) is 2.63. The molecule has 1 amide bonds. The zero-order valence-corrected chi connectivity index (χ0v) is 14.2. The number of amides is 1. The maximum absolute atomic E-state index is 12.5. The highest BCUT2D eigenvalue weighted by atomic mass is 16.4. The van der Waals surface area contributed by atoms with Crippen molar-refractivity contribution in [2.75, 3.05) is 18.4 Å². The molecule has 0 radical (unpaired) electrons. The molecule has 0 bridgehead atoms. The Labute approximate surface area is 146 Å². The van der Waals surface area contributed by atoms with E-state index in [9.17, 15) is 9.59 Å². The van der Waals surface area contributed by atoms with Gasteiger partial charge in [0.15, 0.2) is 0 Å². The number of piperidine rings is 1. The summed E-state index contributed by atoms with van der Waals surface area (Å²) in [4.78, 5) is 25.2. The lowest BCUT2D eigenvalue weighted by Crippen LogP contribution is -2.40. The molecule has 0 unspecified atom stereocenters. The van der Waals surface area contributed by atoms with Crippen molar-refractivity contribution in [2.24, 2.45) is 5.92 Å². The molecule has 25 heavy (non-hydrogen) atoms. The molecule has 6 nitrogen and oxygen atoms in total. The van der Waals surface area contributed by atoms with Crippen molar-refractivity contribution >= 4 is 17.6 Å². The van der Waals surface area contributed by atoms with Crippen LogP contribution in [0.5, 0.6) is 0 Å². The van der Waals surface area contributed by atoms with Crippen molar-refractivity contribution in [2.45, 2.75) is 26.3 Å². The van der Waals surface area contributed by atoms with E-state index in [0.29, 0.717) is 38.0 Å². The number of carboxylic acids is 1. The van der Waals surface area contributed by atoms with Gasteiger partial charge in [0.25, 0.3) is 5.91 Å². The Hall–Kier alpha value is -2.76. The van der Waals surface area contributed by atoms with E-state index in [-0.39, 0.29) is 11.8 Å². The summed E-state index contributed by atoms with van der Waals surface area (Å²) >= 11 is 0. The Morgan fingerprint density at radius 2 is 1.88 bits per heavy atom. The van der Waals surface area contributed by atoms with Gasteiger partial charge in [-0.3, -0.25) is 9.59 Å². The fourth-order valence-electron chi connectivity index (χ4n) is 3.01. The van der Waals surface area contributed by atoms with Gasteiger partial charge in [-0.15, -0.1) is 0 Å². The Morgan fingerprint density at radius 1 is 1.20 bits per heavy atom.